The molecule has 2 aromatic carbocycles. The van der Waals surface area contributed by atoms with Crippen molar-refractivity contribution in [3.63, 3.8) is 0 Å². The quantitative estimate of drug-likeness (QED) is 0.233. The van der Waals surface area contributed by atoms with Gasteiger partial charge in [0.2, 0.25) is 0 Å². The van der Waals surface area contributed by atoms with Crippen LogP contribution in [-0.2, 0) is 22.6 Å². The molecule has 0 N–H and O–H groups in total. The molecule has 17 aliphatic carbocycles. The van der Waals surface area contributed by atoms with Crippen molar-refractivity contribution in [2.24, 2.45) is 117 Å². The zero-order valence-corrected chi connectivity index (χ0v) is 32.7. The first-order chi connectivity index (χ1) is 27.0. The number of allylic oxidation sites excluding steroid dienone is 4. The first kappa shape index (κ1) is 28.0. The summed E-state index contributed by atoms with van der Waals surface area (Å²) in [5.41, 5.74) is 22.7. The minimum Gasteiger partial charge on any atom is -0.461 e. The number of hydrogen-bond acceptors (Lipinski definition) is 3. The molecule has 2 nitrogen and oxygen atoms in total. The predicted molar refractivity (Wildman–Crippen MR) is 210 cm³/mol. The third-order valence-corrected chi connectivity index (χ3v) is 24.0. The Morgan fingerprint density at radius 1 is 0.782 bits per heavy atom. The highest BCUT2D eigenvalue weighted by Gasteiger charge is 2.93. The van der Waals surface area contributed by atoms with Gasteiger partial charge in [0.25, 0.3) is 0 Å². The molecule has 0 bridgehead atoms. The van der Waals surface area contributed by atoms with Gasteiger partial charge in [-0.2, -0.15) is 12.6 Å². The fourth-order valence-electron chi connectivity index (χ4n) is 23.9. The molecule has 20 unspecified atom stereocenters. The molecule has 3 heteroatoms. The molecule has 2 spiro atoms. The maximum Gasteiger partial charge on any atom is 0.306 e. The molecule has 0 saturated heterocycles. The maximum absolute atomic E-state index is 13.4. The number of fused-ring (bicyclic) bond motifs is 14. The van der Waals surface area contributed by atoms with E-state index in [-0.39, 0.29) is 5.97 Å². The Morgan fingerprint density at radius 2 is 1.64 bits per heavy atom. The number of esters is 1. The van der Waals surface area contributed by atoms with E-state index in [9.17, 15) is 4.79 Å². The first-order valence-corrected chi connectivity index (χ1v) is 23.9. The van der Waals surface area contributed by atoms with Crippen LogP contribution in [0.1, 0.15) is 91.5 Å². The van der Waals surface area contributed by atoms with Crippen LogP contribution in [0.25, 0.3) is 11.1 Å². The summed E-state index contributed by atoms with van der Waals surface area (Å²) in [6, 6.07) is 10.3. The average molecular weight is 737 g/mol. The Balaban J connectivity index is 0.796. The highest BCUT2D eigenvalue weighted by atomic mass is 32.1. The van der Waals surface area contributed by atoms with Crippen LogP contribution < -0.4 is 10.4 Å². The largest absolute Gasteiger partial charge is 0.461 e. The van der Waals surface area contributed by atoms with Gasteiger partial charge < -0.3 is 4.74 Å². The van der Waals surface area contributed by atoms with Crippen molar-refractivity contribution < 1.29 is 9.53 Å². The Bertz CT molecular complexity index is 2720. The molecular formula is C52H48O2S. The lowest BCUT2D eigenvalue weighted by atomic mass is 9.27. The zero-order chi connectivity index (χ0) is 35.0. The van der Waals surface area contributed by atoms with E-state index in [4.69, 9.17) is 17.4 Å². The summed E-state index contributed by atoms with van der Waals surface area (Å²) in [5.74, 6) is 19.0. The molecule has 0 radical (unpaired) electrons. The van der Waals surface area contributed by atoms with E-state index in [1.54, 1.807) is 6.42 Å². The summed E-state index contributed by atoms with van der Waals surface area (Å²) in [5, 5.41) is 3.88. The summed E-state index contributed by atoms with van der Waals surface area (Å²) in [4.78, 5) is 13.4. The van der Waals surface area contributed by atoms with E-state index in [0.29, 0.717) is 35.2 Å². The molecular weight excluding hydrogens is 689 g/mol. The number of carbonyl (C=O) groups excluding carboxylic acids is 1. The van der Waals surface area contributed by atoms with Crippen molar-refractivity contribution in [2.45, 2.75) is 76.7 Å². The summed E-state index contributed by atoms with van der Waals surface area (Å²) in [7, 11) is 0. The lowest BCUT2D eigenvalue weighted by Crippen LogP contribution is -2.74. The molecule has 9 fully saturated rings. The van der Waals surface area contributed by atoms with Gasteiger partial charge in [-0.1, -0.05) is 55.3 Å². The van der Waals surface area contributed by atoms with Crippen LogP contribution in [0.2, 0.25) is 0 Å². The molecule has 274 valence electrons. The normalized spacial score (nSPS) is 58.0. The SMILES string of the molecule is CC1(C)C2C3=C4C(C5=C3C3C5C5C6CC6[C@@H]1[C@H]35)C1C3C5=c6c7c8c9c(c6C2C451)CC1C(CCC(=O)OCc2ccccc2)C2C(CCS)C4CC(C=9C142)C8C73. The Morgan fingerprint density at radius 3 is 2.51 bits per heavy atom. The Labute approximate surface area is 328 Å². The van der Waals surface area contributed by atoms with Crippen LogP contribution in [0.15, 0.2) is 52.6 Å². The summed E-state index contributed by atoms with van der Waals surface area (Å²) < 4.78 is 5.92. The minimum absolute atomic E-state index is 0.0160. The summed E-state index contributed by atoms with van der Waals surface area (Å²) in [6.07, 6.45) is 7.28. The molecule has 17 aliphatic rings. The second-order valence-electron chi connectivity index (χ2n) is 23.8. The van der Waals surface area contributed by atoms with Crippen LogP contribution in [0.5, 0.6) is 0 Å². The first-order valence-electron chi connectivity index (χ1n) is 23.2. The molecule has 55 heavy (non-hydrogen) atoms. The monoisotopic (exact) mass is 736 g/mol. The van der Waals surface area contributed by atoms with Gasteiger partial charge in [0.1, 0.15) is 6.61 Å². The molecule has 0 heterocycles. The molecule has 9 saturated carbocycles. The van der Waals surface area contributed by atoms with E-state index < -0.39 is 0 Å². The second-order valence-corrected chi connectivity index (χ2v) is 24.2. The van der Waals surface area contributed by atoms with Gasteiger partial charge >= 0.3 is 5.97 Å². The summed E-state index contributed by atoms with van der Waals surface area (Å²) >= 11 is 4.89. The smallest absolute Gasteiger partial charge is 0.306 e. The number of thiol groups is 1. The van der Waals surface area contributed by atoms with E-state index in [1.807, 2.05) is 56.5 Å². The van der Waals surface area contributed by atoms with Gasteiger partial charge in [-0.25, -0.2) is 0 Å². The van der Waals surface area contributed by atoms with Crippen LogP contribution in [-0.4, -0.2) is 11.7 Å². The predicted octanol–water partition coefficient (Wildman–Crippen LogP) is 7.70. The molecule has 0 aliphatic heterocycles. The lowest BCUT2D eigenvalue weighted by molar-refractivity contribution is -0.251. The fraction of sp³-hybridized carbons (Fsp3) is 0.635. The number of hydrogen-bond donors (Lipinski definition) is 1. The Kier molecular flexibility index (Phi) is 3.86. The van der Waals surface area contributed by atoms with Crippen molar-refractivity contribution in [1.29, 1.82) is 0 Å². The van der Waals surface area contributed by atoms with Gasteiger partial charge in [0.15, 0.2) is 0 Å². The molecule has 19 rings (SSSR count). The van der Waals surface area contributed by atoms with Gasteiger partial charge in [-0.3, -0.25) is 4.79 Å². The van der Waals surface area contributed by atoms with Crippen LogP contribution >= 0.6 is 12.6 Å². The van der Waals surface area contributed by atoms with Crippen LogP contribution in [0.4, 0.5) is 0 Å². The number of carbonyl (C=O) groups is 1. The Hall–Kier alpha value is -2.52. The van der Waals surface area contributed by atoms with Crippen molar-refractivity contribution >= 4 is 29.7 Å². The van der Waals surface area contributed by atoms with Crippen molar-refractivity contribution in [3.8, 4) is 0 Å². The molecule has 2 aromatic rings. The average Bonchev–Trinajstić information content (AvgIpc) is 3.41. The molecule has 0 aromatic heterocycles. The molecule has 0 amide bonds. The zero-order valence-electron chi connectivity index (χ0n) is 31.9. The van der Waals surface area contributed by atoms with Crippen LogP contribution in [0, 0.1) is 117 Å². The highest BCUT2D eigenvalue weighted by Crippen LogP contribution is 2.99. The van der Waals surface area contributed by atoms with E-state index in [0.717, 1.165) is 130 Å². The molecule has 22 atom stereocenters. The third-order valence-electron chi connectivity index (χ3n) is 23.8. The second kappa shape index (κ2) is 7.59. The van der Waals surface area contributed by atoms with Gasteiger partial charge in [-0.05, 0) is 210 Å². The maximum atomic E-state index is 13.4. The van der Waals surface area contributed by atoms with Gasteiger partial charge in [0, 0.05) is 29.1 Å². The van der Waals surface area contributed by atoms with Crippen molar-refractivity contribution in [2.75, 3.05) is 5.75 Å². The van der Waals surface area contributed by atoms with Gasteiger partial charge in [0.05, 0.1) is 0 Å². The topological polar surface area (TPSA) is 26.3 Å². The van der Waals surface area contributed by atoms with E-state index in [2.05, 4.69) is 53.8 Å². The minimum atomic E-state index is 0.0160. The number of ether oxygens (including phenoxy) is 1. The summed E-state index contributed by atoms with van der Waals surface area (Å²) in [6.45, 7) is 6.10. The van der Waals surface area contributed by atoms with Gasteiger partial charge in [-0.15, -0.1) is 0 Å². The van der Waals surface area contributed by atoms with Crippen molar-refractivity contribution in [1.82, 2.24) is 0 Å². The number of rotatable bonds is 7. The van der Waals surface area contributed by atoms with E-state index >= 15 is 0 Å². The van der Waals surface area contributed by atoms with Crippen molar-refractivity contribution in [3.05, 3.63) is 90.9 Å². The highest BCUT2D eigenvalue weighted by molar-refractivity contribution is 7.80. The fourth-order valence-corrected chi connectivity index (χ4v) is 24.2. The third kappa shape index (κ3) is 2.11. The standard InChI is InChI=1S/C52H48O2S/c1-50(2)43-20-12-19(20)26-31-34(37(26)43)36-35(31)40-46-39-32-27-22-14-24-18(10-11-55)42-17(8-9-25(53)54-15-16-6-4-3-5-7-16)23-13-21-28(44(22)51(23,24)42)30(27)33(32)38-29(21)49-48(50)41(36)47(40)52(46,49)45(38)39/h3-7,17-20,22-24,26-27,31-32,34,37,39-40,42-43,46,48-49,55H,8-15H2,1-2H3/t17?,18?,19?,20?,22?,23?,24?,26?,27?,31?,32?,34?,37-,39?,40?,42?,43+,46?,48?,49?,51?,52?/m0/s1. The van der Waals surface area contributed by atoms with E-state index in [1.165, 1.54) is 19.3 Å². The lowest BCUT2D eigenvalue weighted by Gasteiger charge is -2.77. The number of benzene rings is 2. The van der Waals surface area contributed by atoms with Crippen LogP contribution in [0.3, 0.4) is 0 Å².